The minimum absolute atomic E-state index is 0.0829. The smallest absolute Gasteiger partial charge is 0.237 e. The summed E-state index contributed by atoms with van der Waals surface area (Å²) >= 11 is 4.22. The van der Waals surface area contributed by atoms with Crippen LogP contribution in [0.2, 0.25) is 0 Å². The Kier molecular flexibility index (Phi) is 11.7. The van der Waals surface area contributed by atoms with Crippen molar-refractivity contribution in [2.24, 2.45) is 0 Å². The van der Waals surface area contributed by atoms with Gasteiger partial charge in [0.1, 0.15) is 12.4 Å². The van der Waals surface area contributed by atoms with Gasteiger partial charge in [0.25, 0.3) is 0 Å². The van der Waals surface area contributed by atoms with Gasteiger partial charge in [0, 0.05) is 11.4 Å². The molecule has 7 aromatic rings. The highest BCUT2D eigenvalue weighted by atomic mass is 32.2. The molecular weight excluding hydrogens is 733 g/mol. The fraction of sp³-hybridized carbons (Fsp3) is 0.167. The first-order chi connectivity index (χ1) is 26.3. The number of nitrogens with one attached hydrogen (secondary N) is 2. The van der Waals surface area contributed by atoms with E-state index in [4.69, 9.17) is 9.72 Å². The van der Waals surface area contributed by atoms with Gasteiger partial charge in [-0.05, 0) is 85.5 Å². The molecule has 272 valence electrons. The molecule has 2 heterocycles. The Morgan fingerprint density at radius 3 is 2.19 bits per heavy atom. The average molecular weight is 771 g/mol. The number of aryl methyl sites for hydroxylation is 2. The number of thioether (sulfide) groups is 2. The second kappa shape index (κ2) is 17.1. The van der Waals surface area contributed by atoms with Crippen LogP contribution in [0.25, 0.3) is 15.9 Å². The van der Waals surface area contributed by atoms with Crippen molar-refractivity contribution in [3.8, 4) is 11.4 Å². The van der Waals surface area contributed by atoms with E-state index in [1.807, 2.05) is 139 Å². The van der Waals surface area contributed by atoms with Crippen LogP contribution in [0.15, 0.2) is 137 Å². The van der Waals surface area contributed by atoms with Crippen LogP contribution in [0, 0.1) is 13.8 Å². The van der Waals surface area contributed by atoms with Gasteiger partial charge >= 0.3 is 0 Å². The summed E-state index contributed by atoms with van der Waals surface area (Å²) < 4.78 is 9.74. The number of carbonyl (C=O) groups is 2. The third kappa shape index (κ3) is 9.02. The maximum absolute atomic E-state index is 13.5. The van der Waals surface area contributed by atoms with Crippen molar-refractivity contribution in [1.82, 2.24) is 25.1 Å². The van der Waals surface area contributed by atoms with E-state index in [2.05, 4.69) is 34.7 Å². The summed E-state index contributed by atoms with van der Waals surface area (Å²) in [4.78, 5) is 31.4. The van der Waals surface area contributed by atoms with Crippen molar-refractivity contribution in [3.05, 3.63) is 155 Å². The van der Waals surface area contributed by atoms with E-state index in [1.165, 1.54) is 40.4 Å². The zero-order valence-corrected chi connectivity index (χ0v) is 32.4. The summed E-state index contributed by atoms with van der Waals surface area (Å²) in [6, 6.07) is 41.1. The summed E-state index contributed by atoms with van der Waals surface area (Å²) in [5.74, 6) is 1.36. The van der Waals surface area contributed by atoms with Crippen molar-refractivity contribution >= 4 is 62.6 Å². The quantitative estimate of drug-likeness (QED) is 0.105. The Labute approximate surface area is 326 Å². The molecule has 2 amide bonds. The molecule has 9 nitrogen and oxygen atoms in total. The standard InChI is InChI=1S/C42H38N6O3S3/c1-27-19-21-34(23-28(27)2)51-25-37-46-47-41(48(37)33-17-11-6-12-18-33)53-29(3)40(50)43-32-20-22-35-36(24-32)54-42(44-35)52-26-38(49)45-39(30-13-7-4-8-14-30)31-15-9-5-10-16-31/h4-24,29,39H,25-26H2,1-3H3,(H,43,50)(H,45,49)/t29-/m1/s1. The SMILES string of the molecule is Cc1ccc(OCc2nnc(S[C@H](C)C(=O)Nc3ccc4nc(SCC(=O)NC(c5ccccc5)c5ccccc5)sc4c3)n2-c2ccccc2)cc1C. The van der Waals surface area contributed by atoms with Crippen LogP contribution in [0.1, 0.15) is 41.0 Å². The lowest BCUT2D eigenvalue weighted by molar-refractivity contribution is -0.119. The zero-order valence-electron chi connectivity index (χ0n) is 29.9. The van der Waals surface area contributed by atoms with Crippen molar-refractivity contribution in [1.29, 1.82) is 0 Å². The van der Waals surface area contributed by atoms with Gasteiger partial charge in [-0.2, -0.15) is 0 Å². The third-order valence-corrected chi connectivity index (χ3v) is 12.0. The Morgan fingerprint density at radius 1 is 0.815 bits per heavy atom. The zero-order chi connectivity index (χ0) is 37.4. The van der Waals surface area contributed by atoms with Crippen molar-refractivity contribution in [2.45, 2.75) is 48.2 Å². The van der Waals surface area contributed by atoms with Crippen LogP contribution < -0.4 is 15.4 Å². The van der Waals surface area contributed by atoms with Gasteiger partial charge in [0.15, 0.2) is 15.3 Å². The van der Waals surface area contributed by atoms with Gasteiger partial charge in [-0.3, -0.25) is 14.2 Å². The number of rotatable bonds is 14. The van der Waals surface area contributed by atoms with Crippen LogP contribution in [0.3, 0.4) is 0 Å². The number of anilines is 1. The van der Waals surface area contributed by atoms with E-state index in [1.54, 1.807) is 0 Å². The predicted octanol–water partition coefficient (Wildman–Crippen LogP) is 9.19. The number of carbonyl (C=O) groups excluding carboxylic acids is 2. The molecule has 0 saturated carbocycles. The molecule has 0 aliphatic heterocycles. The molecule has 12 heteroatoms. The largest absolute Gasteiger partial charge is 0.486 e. The number of hydrogen-bond acceptors (Lipinski definition) is 9. The Hall–Kier alpha value is -5.43. The van der Waals surface area contributed by atoms with Crippen LogP contribution in [0.4, 0.5) is 5.69 Å². The highest BCUT2D eigenvalue weighted by molar-refractivity contribution is 8.01. The molecule has 0 aliphatic rings. The summed E-state index contributed by atoms with van der Waals surface area (Å²) in [5.41, 5.74) is 6.74. The fourth-order valence-electron chi connectivity index (χ4n) is 5.74. The number of hydrogen-bond donors (Lipinski definition) is 2. The average Bonchev–Trinajstić information content (AvgIpc) is 3.80. The topological polar surface area (TPSA) is 111 Å². The summed E-state index contributed by atoms with van der Waals surface area (Å²) in [6.07, 6.45) is 0. The van der Waals surface area contributed by atoms with Gasteiger partial charge in [0.2, 0.25) is 11.8 Å². The number of nitrogens with zero attached hydrogens (tertiary/aromatic N) is 4. The van der Waals surface area contributed by atoms with E-state index in [0.717, 1.165) is 42.7 Å². The second-order valence-electron chi connectivity index (χ2n) is 12.6. The highest BCUT2D eigenvalue weighted by Crippen LogP contribution is 2.33. The molecule has 0 fully saturated rings. The van der Waals surface area contributed by atoms with Gasteiger partial charge in [-0.25, -0.2) is 4.98 Å². The molecule has 2 N–H and O–H groups in total. The minimum atomic E-state index is -0.484. The lowest BCUT2D eigenvalue weighted by atomic mass is 9.99. The summed E-state index contributed by atoms with van der Waals surface area (Å²) in [6.45, 7) is 6.19. The van der Waals surface area contributed by atoms with Gasteiger partial charge in [-0.1, -0.05) is 108 Å². The Morgan fingerprint density at radius 2 is 1.50 bits per heavy atom. The molecule has 1 atom stereocenters. The van der Waals surface area contributed by atoms with Crippen molar-refractivity contribution in [3.63, 3.8) is 0 Å². The number of thiazole rings is 1. The lowest BCUT2D eigenvalue weighted by Crippen LogP contribution is -2.30. The number of ether oxygens (including phenoxy) is 1. The van der Waals surface area contributed by atoms with E-state index >= 15 is 0 Å². The number of amides is 2. The maximum Gasteiger partial charge on any atom is 0.237 e. The van der Waals surface area contributed by atoms with Gasteiger partial charge in [0.05, 0.1) is 27.3 Å². The predicted molar refractivity (Wildman–Crippen MR) is 219 cm³/mol. The first-order valence-corrected chi connectivity index (χ1v) is 20.1. The summed E-state index contributed by atoms with van der Waals surface area (Å²) in [7, 11) is 0. The maximum atomic E-state index is 13.5. The van der Waals surface area contributed by atoms with Gasteiger partial charge in [-0.15, -0.1) is 21.5 Å². The molecule has 0 radical (unpaired) electrons. The molecule has 0 bridgehead atoms. The lowest BCUT2D eigenvalue weighted by Gasteiger charge is -2.19. The molecule has 0 spiro atoms. The third-order valence-electron chi connectivity index (χ3n) is 8.75. The first kappa shape index (κ1) is 36.9. The fourth-order valence-corrected chi connectivity index (χ4v) is 8.54. The Balaban J connectivity index is 0.983. The number of aromatic nitrogens is 4. The molecule has 5 aromatic carbocycles. The molecule has 54 heavy (non-hydrogen) atoms. The van der Waals surface area contributed by atoms with E-state index < -0.39 is 5.25 Å². The molecule has 0 saturated heterocycles. The molecular formula is C42H38N6O3S3. The summed E-state index contributed by atoms with van der Waals surface area (Å²) in [5, 5.41) is 15.3. The van der Waals surface area contributed by atoms with Crippen LogP contribution in [0.5, 0.6) is 5.75 Å². The van der Waals surface area contributed by atoms with Crippen LogP contribution in [-0.4, -0.2) is 42.6 Å². The van der Waals surface area contributed by atoms with Crippen molar-refractivity contribution in [2.75, 3.05) is 11.1 Å². The molecule has 7 rings (SSSR count). The minimum Gasteiger partial charge on any atom is -0.486 e. The molecule has 0 aliphatic carbocycles. The van der Waals surface area contributed by atoms with Crippen LogP contribution in [-0.2, 0) is 16.2 Å². The highest BCUT2D eigenvalue weighted by Gasteiger charge is 2.22. The van der Waals surface area contributed by atoms with Crippen LogP contribution >= 0.6 is 34.9 Å². The second-order valence-corrected chi connectivity index (χ2v) is 16.2. The normalized spacial score (nSPS) is 11.8. The number of fused-ring (bicyclic) bond motifs is 1. The van der Waals surface area contributed by atoms with E-state index in [-0.39, 0.29) is 30.2 Å². The van der Waals surface area contributed by atoms with E-state index in [0.29, 0.717) is 16.7 Å². The first-order valence-electron chi connectivity index (χ1n) is 17.4. The number of para-hydroxylation sites is 1. The number of benzene rings is 5. The molecule has 0 unspecified atom stereocenters. The van der Waals surface area contributed by atoms with Gasteiger partial charge < -0.3 is 15.4 Å². The monoisotopic (exact) mass is 770 g/mol. The molecule has 2 aromatic heterocycles. The van der Waals surface area contributed by atoms with E-state index in [9.17, 15) is 9.59 Å². The van der Waals surface area contributed by atoms with Crippen molar-refractivity contribution < 1.29 is 14.3 Å². The Bertz CT molecular complexity index is 2330.